The zero-order valence-corrected chi connectivity index (χ0v) is 10.7. The van der Waals surface area contributed by atoms with Crippen LogP contribution in [0.3, 0.4) is 0 Å². The average Bonchev–Trinajstić information content (AvgIpc) is 2.63. The summed E-state index contributed by atoms with van der Waals surface area (Å²) in [5.74, 6) is 0.433. The van der Waals surface area contributed by atoms with Crippen molar-refractivity contribution in [1.29, 1.82) is 0 Å². The van der Waals surface area contributed by atoms with Gasteiger partial charge in [0.2, 0.25) is 5.82 Å². The molecule has 8 nitrogen and oxygen atoms in total. The maximum absolute atomic E-state index is 11.3. The Kier molecular flexibility index (Phi) is 3.24. The Labute approximate surface area is 104 Å². The van der Waals surface area contributed by atoms with Crippen LogP contribution in [0.2, 0.25) is 0 Å². The quantitative estimate of drug-likeness (QED) is 0.628. The van der Waals surface area contributed by atoms with Crippen LogP contribution in [0.1, 0.15) is 12.8 Å². The third-order valence-electron chi connectivity index (χ3n) is 2.90. The number of aromatic nitrogens is 2. The van der Waals surface area contributed by atoms with E-state index in [4.69, 9.17) is 0 Å². The molecule has 1 N–H and O–H groups in total. The van der Waals surface area contributed by atoms with Crippen molar-refractivity contribution in [2.75, 3.05) is 16.8 Å². The zero-order chi connectivity index (χ0) is 13.3. The molecular weight excluding hydrogens is 260 g/mol. The molecule has 0 atom stereocenters. The maximum atomic E-state index is 11.3. The van der Waals surface area contributed by atoms with E-state index < -0.39 is 14.8 Å². The highest BCUT2D eigenvalue weighted by Gasteiger charge is 2.27. The Bertz CT molecular complexity index is 551. The maximum Gasteiger partial charge on any atom is 0.330 e. The molecule has 2 heterocycles. The van der Waals surface area contributed by atoms with Gasteiger partial charge >= 0.3 is 5.69 Å². The van der Waals surface area contributed by atoms with Gasteiger partial charge in [-0.15, -0.1) is 5.10 Å². The van der Waals surface area contributed by atoms with E-state index in [9.17, 15) is 18.5 Å². The first kappa shape index (κ1) is 12.8. The Morgan fingerprint density at radius 1 is 1.50 bits per heavy atom. The minimum absolute atomic E-state index is 0.0814. The fourth-order valence-corrected chi connectivity index (χ4v) is 3.43. The number of nitro groups is 1. The summed E-state index contributed by atoms with van der Waals surface area (Å²) < 4.78 is 23.9. The average molecular weight is 274 g/mol. The summed E-state index contributed by atoms with van der Waals surface area (Å²) in [5, 5.41) is 17.7. The Hall–Kier alpha value is -1.64. The number of sulfone groups is 1. The van der Waals surface area contributed by atoms with Gasteiger partial charge in [-0.05, 0) is 12.8 Å². The van der Waals surface area contributed by atoms with Gasteiger partial charge in [0, 0.05) is 13.1 Å². The van der Waals surface area contributed by atoms with Crippen molar-refractivity contribution in [3.05, 3.63) is 16.3 Å². The first-order chi connectivity index (χ1) is 8.37. The second-order valence-electron chi connectivity index (χ2n) is 4.36. The fraction of sp³-hybridized carbons (Fsp3) is 0.667. The van der Waals surface area contributed by atoms with Gasteiger partial charge in [-0.25, -0.2) is 8.42 Å². The van der Waals surface area contributed by atoms with Crippen molar-refractivity contribution in [1.82, 2.24) is 9.78 Å². The van der Waals surface area contributed by atoms with Gasteiger partial charge in [0.1, 0.15) is 16.0 Å². The summed E-state index contributed by atoms with van der Waals surface area (Å²) >= 11 is 0. The van der Waals surface area contributed by atoms with E-state index in [2.05, 4.69) is 10.4 Å². The van der Waals surface area contributed by atoms with Crippen LogP contribution in [-0.4, -0.2) is 40.7 Å². The lowest BCUT2D eigenvalue weighted by Crippen LogP contribution is -2.32. The lowest BCUT2D eigenvalue weighted by Gasteiger charge is -2.22. The van der Waals surface area contributed by atoms with Gasteiger partial charge in [0.05, 0.1) is 16.4 Å². The number of nitrogens with one attached hydrogen (secondary N) is 1. The van der Waals surface area contributed by atoms with Crippen LogP contribution in [0, 0.1) is 10.1 Å². The number of rotatable bonds is 3. The van der Waals surface area contributed by atoms with E-state index in [1.165, 1.54) is 10.9 Å². The standard InChI is InChI=1S/C9H14N4O4S/c1-12-6-8(13(14)15)9(11-12)10-7-2-4-18(16,17)5-3-7/h6-7H,2-5H2,1H3,(H,10,11). The predicted molar refractivity (Wildman–Crippen MR) is 65.2 cm³/mol. The van der Waals surface area contributed by atoms with Crippen molar-refractivity contribution in [3.63, 3.8) is 0 Å². The van der Waals surface area contributed by atoms with Crippen LogP contribution in [0.5, 0.6) is 0 Å². The number of hydrogen-bond acceptors (Lipinski definition) is 6. The van der Waals surface area contributed by atoms with Crippen molar-refractivity contribution in [3.8, 4) is 0 Å². The highest BCUT2D eigenvalue weighted by molar-refractivity contribution is 7.91. The van der Waals surface area contributed by atoms with Crippen LogP contribution in [0.25, 0.3) is 0 Å². The number of anilines is 1. The van der Waals surface area contributed by atoms with E-state index in [1.807, 2.05) is 0 Å². The van der Waals surface area contributed by atoms with Gasteiger partial charge in [0.25, 0.3) is 0 Å². The molecule has 1 aliphatic heterocycles. The van der Waals surface area contributed by atoms with E-state index in [1.54, 1.807) is 7.05 Å². The summed E-state index contributed by atoms with van der Waals surface area (Å²) in [4.78, 5) is 10.3. The first-order valence-corrected chi connectivity index (χ1v) is 7.34. The topological polar surface area (TPSA) is 107 Å². The molecule has 0 saturated carbocycles. The zero-order valence-electron chi connectivity index (χ0n) is 9.87. The van der Waals surface area contributed by atoms with Crippen molar-refractivity contribution in [2.24, 2.45) is 7.05 Å². The lowest BCUT2D eigenvalue weighted by molar-refractivity contribution is -0.384. The third kappa shape index (κ3) is 2.78. The molecule has 0 bridgehead atoms. The molecule has 0 unspecified atom stereocenters. The first-order valence-electron chi connectivity index (χ1n) is 5.52. The summed E-state index contributed by atoms with van der Waals surface area (Å²) in [7, 11) is -1.33. The smallest absolute Gasteiger partial charge is 0.330 e. The molecule has 1 aliphatic rings. The van der Waals surface area contributed by atoms with Crippen LogP contribution in [0.4, 0.5) is 11.5 Å². The van der Waals surface area contributed by atoms with Gasteiger partial charge in [-0.3, -0.25) is 14.8 Å². The van der Waals surface area contributed by atoms with Crippen molar-refractivity contribution in [2.45, 2.75) is 18.9 Å². The van der Waals surface area contributed by atoms with Gasteiger partial charge < -0.3 is 5.32 Å². The van der Waals surface area contributed by atoms with Gasteiger partial charge in [0.15, 0.2) is 0 Å². The molecule has 0 aliphatic carbocycles. The van der Waals surface area contributed by atoms with Gasteiger partial charge in [-0.2, -0.15) is 0 Å². The predicted octanol–water partition coefficient (Wildman–Crippen LogP) is 0.317. The second-order valence-corrected chi connectivity index (χ2v) is 6.67. The molecule has 0 aromatic carbocycles. The van der Waals surface area contributed by atoms with E-state index >= 15 is 0 Å². The minimum atomic E-state index is -2.93. The van der Waals surface area contributed by atoms with Crippen molar-refractivity contribution < 1.29 is 13.3 Å². The molecule has 1 aromatic rings. The monoisotopic (exact) mass is 274 g/mol. The minimum Gasteiger partial charge on any atom is -0.360 e. The molecule has 100 valence electrons. The molecule has 1 saturated heterocycles. The Morgan fingerprint density at radius 2 is 2.11 bits per heavy atom. The highest BCUT2D eigenvalue weighted by atomic mass is 32.2. The summed E-state index contributed by atoms with van der Waals surface area (Å²) in [6.07, 6.45) is 2.23. The number of aryl methyl sites for hydroxylation is 1. The normalized spacial score (nSPS) is 19.6. The van der Waals surface area contributed by atoms with Crippen LogP contribution in [-0.2, 0) is 16.9 Å². The van der Waals surface area contributed by atoms with E-state index in [0.717, 1.165) is 0 Å². The molecule has 1 fully saturated rings. The van der Waals surface area contributed by atoms with E-state index in [0.29, 0.717) is 12.8 Å². The van der Waals surface area contributed by atoms with E-state index in [-0.39, 0.29) is 29.1 Å². The van der Waals surface area contributed by atoms with Crippen LogP contribution < -0.4 is 5.32 Å². The molecular formula is C9H14N4O4S. The molecule has 18 heavy (non-hydrogen) atoms. The highest BCUT2D eigenvalue weighted by Crippen LogP contribution is 2.24. The summed E-state index contributed by atoms with van der Waals surface area (Å²) in [6, 6.07) is -0.0814. The van der Waals surface area contributed by atoms with Gasteiger partial charge in [-0.1, -0.05) is 0 Å². The molecule has 2 rings (SSSR count). The third-order valence-corrected chi connectivity index (χ3v) is 4.62. The van der Waals surface area contributed by atoms with Crippen molar-refractivity contribution >= 4 is 21.3 Å². The summed E-state index contributed by atoms with van der Waals surface area (Å²) in [6.45, 7) is 0. The van der Waals surface area contributed by atoms with Crippen LogP contribution in [0.15, 0.2) is 6.20 Å². The number of hydrogen-bond donors (Lipinski definition) is 1. The Balaban J connectivity index is 2.09. The number of nitrogens with zero attached hydrogens (tertiary/aromatic N) is 3. The lowest BCUT2D eigenvalue weighted by atomic mass is 10.1. The fourth-order valence-electron chi connectivity index (χ4n) is 1.94. The Morgan fingerprint density at radius 3 is 2.67 bits per heavy atom. The molecule has 1 aromatic heterocycles. The molecule has 0 spiro atoms. The summed E-state index contributed by atoms with van der Waals surface area (Å²) in [5.41, 5.74) is -0.0917. The SMILES string of the molecule is Cn1cc([N+](=O)[O-])c(NC2CCS(=O)(=O)CC2)n1. The second kappa shape index (κ2) is 4.56. The van der Waals surface area contributed by atoms with Crippen LogP contribution >= 0.6 is 0 Å². The largest absolute Gasteiger partial charge is 0.360 e. The molecule has 0 amide bonds. The molecule has 9 heteroatoms. The molecule has 0 radical (unpaired) electrons.